The van der Waals surface area contributed by atoms with Crippen LogP contribution in [0.2, 0.25) is 0 Å². The van der Waals surface area contributed by atoms with Crippen molar-refractivity contribution in [3.63, 3.8) is 0 Å². The van der Waals surface area contributed by atoms with E-state index in [1.807, 2.05) is 0 Å². The van der Waals surface area contributed by atoms with Crippen LogP contribution in [0.3, 0.4) is 0 Å². The average molecular weight is 220 g/mol. The molecule has 0 amide bonds. The molecule has 1 aromatic rings. The van der Waals surface area contributed by atoms with E-state index in [0.29, 0.717) is 5.01 Å². The van der Waals surface area contributed by atoms with E-state index in [-0.39, 0.29) is 16.5 Å². The SMILES string of the molecule is CC(=O)Cc1nnc(S(C)(=O)=O)s1. The number of rotatable bonds is 3. The minimum absolute atomic E-state index is 0.0382. The van der Waals surface area contributed by atoms with Crippen molar-refractivity contribution < 1.29 is 13.2 Å². The number of sulfone groups is 1. The van der Waals surface area contributed by atoms with Crippen LogP contribution in [0.1, 0.15) is 11.9 Å². The summed E-state index contributed by atoms with van der Waals surface area (Å²) in [6, 6.07) is 0. The maximum atomic E-state index is 11.0. The van der Waals surface area contributed by atoms with Crippen molar-refractivity contribution >= 4 is 27.0 Å². The van der Waals surface area contributed by atoms with Crippen LogP contribution in [0.25, 0.3) is 0 Å². The number of nitrogens with zero attached hydrogens (tertiary/aromatic N) is 2. The molecule has 0 unspecified atom stereocenters. The summed E-state index contributed by atoms with van der Waals surface area (Å²) in [5.74, 6) is -0.0591. The molecule has 0 atom stereocenters. The number of aromatic nitrogens is 2. The van der Waals surface area contributed by atoms with Crippen LogP contribution in [0.5, 0.6) is 0 Å². The summed E-state index contributed by atoms with van der Waals surface area (Å²) in [4.78, 5) is 10.7. The zero-order chi connectivity index (χ0) is 10.1. The number of carbonyl (C=O) groups is 1. The summed E-state index contributed by atoms with van der Waals surface area (Å²) in [5.41, 5.74) is 0. The average Bonchev–Trinajstić information content (AvgIpc) is 2.32. The third-order valence-electron chi connectivity index (χ3n) is 1.17. The van der Waals surface area contributed by atoms with Gasteiger partial charge in [-0.05, 0) is 6.92 Å². The van der Waals surface area contributed by atoms with Crippen molar-refractivity contribution in [2.45, 2.75) is 17.7 Å². The molecule has 0 aliphatic rings. The maximum Gasteiger partial charge on any atom is 0.232 e. The number of Topliss-reactive ketones (excluding diaryl/α,β-unsaturated/α-hetero) is 1. The number of hydrogen-bond donors (Lipinski definition) is 0. The summed E-state index contributed by atoms with van der Waals surface area (Å²) in [6.45, 7) is 1.42. The van der Waals surface area contributed by atoms with Crippen molar-refractivity contribution in [1.82, 2.24) is 10.2 Å². The van der Waals surface area contributed by atoms with Gasteiger partial charge >= 0.3 is 0 Å². The first-order valence-electron chi connectivity index (χ1n) is 3.41. The Morgan fingerprint density at radius 2 is 2.08 bits per heavy atom. The van der Waals surface area contributed by atoms with Gasteiger partial charge in [0.1, 0.15) is 10.8 Å². The molecule has 0 N–H and O–H groups in total. The monoisotopic (exact) mass is 220 g/mol. The molecule has 1 rings (SSSR count). The fraction of sp³-hybridized carbons (Fsp3) is 0.500. The van der Waals surface area contributed by atoms with E-state index < -0.39 is 9.84 Å². The van der Waals surface area contributed by atoms with Gasteiger partial charge < -0.3 is 0 Å². The molecule has 0 spiro atoms. The molecule has 0 bridgehead atoms. The van der Waals surface area contributed by atoms with Crippen molar-refractivity contribution in [3.05, 3.63) is 5.01 Å². The molecule has 5 nitrogen and oxygen atoms in total. The molecule has 0 saturated heterocycles. The highest BCUT2D eigenvalue weighted by molar-refractivity contribution is 7.92. The number of ketones is 1. The lowest BCUT2D eigenvalue weighted by atomic mass is 10.3. The first kappa shape index (κ1) is 10.3. The van der Waals surface area contributed by atoms with Crippen molar-refractivity contribution in [2.24, 2.45) is 0 Å². The lowest BCUT2D eigenvalue weighted by Crippen LogP contribution is -1.95. The third kappa shape index (κ3) is 2.85. The van der Waals surface area contributed by atoms with E-state index in [1.54, 1.807) is 0 Å². The van der Waals surface area contributed by atoms with E-state index in [4.69, 9.17) is 0 Å². The first-order chi connectivity index (χ1) is 5.89. The van der Waals surface area contributed by atoms with E-state index in [0.717, 1.165) is 17.6 Å². The van der Waals surface area contributed by atoms with Gasteiger partial charge in [0.15, 0.2) is 0 Å². The van der Waals surface area contributed by atoms with Crippen LogP contribution < -0.4 is 0 Å². The Morgan fingerprint density at radius 3 is 2.46 bits per heavy atom. The van der Waals surface area contributed by atoms with E-state index >= 15 is 0 Å². The first-order valence-corrected chi connectivity index (χ1v) is 6.12. The van der Waals surface area contributed by atoms with Gasteiger partial charge in [0.25, 0.3) is 0 Å². The Kier molecular flexibility index (Phi) is 2.77. The van der Waals surface area contributed by atoms with Crippen LogP contribution in [0, 0.1) is 0 Å². The van der Waals surface area contributed by atoms with Gasteiger partial charge in [-0.25, -0.2) is 8.42 Å². The van der Waals surface area contributed by atoms with Gasteiger partial charge in [0, 0.05) is 6.26 Å². The lowest BCUT2D eigenvalue weighted by Gasteiger charge is -1.86. The van der Waals surface area contributed by atoms with E-state index in [2.05, 4.69) is 10.2 Å². The molecule has 0 aromatic carbocycles. The molecular formula is C6H8N2O3S2. The highest BCUT2D eigenvalue weighted by Crippen LogP contribution is 2.15. The third-order valence-corrected chi connectivity index (χ3v) is 3.76. The molecule has 72 valence electrons. The Hall–Kier alpha value is -0.820. The van der Waals surface area contributed by atoms with Crippen LogP contribution in [0.4, 0.5) is 0 Å². The fourth-order valence-corrected chi connectivity index (χ4v) is 2.40. The smallest absolute Gasteiger partial charge is 0.232 e. The Labute approximate surface area is 79.7 Å². The molecular weight excluding hydrogens is 212 g/mol. The highest BCUT2D eigenvalue weighted by atomic mass is 32.2. The number of hydrogen-bond acceptors (Lipinski definition) is 6. The summed E-state index contributed by atoms with van der Waals surface area (Å²) >= 11 is 0.937. The van der Waals surface area contributed by atoms with Crippen molar-refractivity contribution in [3.8, 4) is 0 Å². The summed E-state index contributed by atoms with van der Waals surface area (Å²) in [5, 5.41) is 7.50. The van der Waals surface area contributed by atoms with Crippen molar-refractivity contribution in [2.75, 3.05) is 6.26 Å². The normalized spacial score (nSPS) is 11.5. The van der Waals surface area contributed by atoms with Crippen LogP contribution in [-0.2, 0) is 21.1 Å². The van der Waals surface area contributed by atoms with Gasteiger partial charge in [-0.2, -0.15) is 0 Å². The minimum Gasteiger partial charge on any atom is -0.300 e. The lowest BCUT2D eigenvalue weighted by molar-refractivity contribution is -0.116. The Bertz CT molecular complexity index is 421. The summed E-state index contributed by atoms with van der Waals surface area (Å²) in [6.07, 6.45) is 1.21. The molecule has 7 heteroatoms. The maximum absolute atomic E-state index is 11.0. The van der Waals surface area contributed by atoms with Gasteiger partial charge in [0.05, 0.1) is 6.42 Å². The van der Waals surface area contributed by atoms with E-state index in [9.17, 15) is 13.2 Å². The summed E-state index contributed by atoms with van der Waals surface area (Å²) in [7, 11) is -3.28. The zero-order valence-electron chi connectivity index (χ0n) is 7.14. The predicted octanol–water partition coefficient (Wildman–Crippen LogP) is 0.0731. The van der Waals surface area contributed by atoms with Crippen LogP contribution in [-0.4, -0.2) is 30.7 Å². The van der Waals surface area contributed by atoms with E-state index in [1.165, 1.54) is 6.92 Å². The molecule has 0 aliphatic carbocycles. The topological polar surface area (TPSA) is 77.0 Å². The number of carbonyl (C=O) groups excluding carboxylic acids is 1. The Morgan fingerprint density at radius 1 is 1.46 bits per heavy atom. The highest BCUT2D eigenvalue weighted by Gasteiger charge is 2.14. The molecule has 1 heterocycles. The molecule has 0 aliphatic heterocycles. The quantitative estimate of drug-likeness (QED) is 0.720. The predicted molar refractivity (Wildman–Crippen MR) is 47.4 cm³/mol. The molecule has 13 heavy (non-hydrogen) atoms. The second-order valence-electron chi connectivity index (χ2n) is 2.61. The van der Waals surface area contributed by atoms with Gasteiger partial charge in [-0.1, -0.05) is 11.3 Å². The molecule has 0 saturated carbocycles. The van der Waals surface area contributed by atoms with Gasteiger partial charge in [0.2, 0.25) is 14.2 Å². The van der Waals surface area contributed by atoms with Crippen molar-refractivity contribution in [1.29, 1.82) is 0 Å². The van der Waals surface area contributed by atoms with Gasteiger partial charge in [-0.15, -0.1) is 10.2 Å². The second kappa shape index (κ2) is 3.51. The standard InChI is InChI=1S/C6H8N2O3S2/c1-4(9)3-5-7-8-6(12-5)13(2,10)11/h3H2,1-2H3. The molecule has 0 fully saturated rings. The van der Waals surface area contributed by atoms with Gasteiger partial charge in [-0.3, -0.25) is 4.79 Å². The summed E-state index contributed by atoms with van der Waals surface area (Å²) < 4.78 is 21.9. The largest absolute Gasteiger partial charge is 0.300 e. The molecule has 0 radical (unpaired) electrons. The molecule has 1 aromatic heterocycles. The fourth-order valence-electron chi connectivity index (χ4n) is 0.672. The second-order valence-corrected chi connectivity index (χ2v) is 5.86. The Balaban J connectivity index is 2.94. The van der Waals surface area contributed by atoms with Crippen LogP contribution in [0.15, 0.2) is 4.34 Å². The van der Waals surface area contributed by atoms with Crippen LogP contribution >= 0.6 is 11.3 Å². The minimum atomic E-state index is -3.28. The zero-order valence-corrected chi connectivity index (χ0v) is 8.78.